The van der Waals surface area contributed by atoms with Crippen LogP contribution in [0, 0.1) is 17.1 Å². The summed E-state index contributed by atoms with van der Waals surface area (Å²) in [4.78, 5) is 12.8. The molecule has 4 rings (SSSR count). The van der Waals surface area contributed by atoms with Crippen molar-refractivity contribution in [3.63, 3.8) is 0 Å². The van der Waals surface area contributed by atoms with Gasteiger partial charge in [-0.05, 0) is 74.5 Å². The first-order valence-electron chi connectivity index (χ1n) is 10.8. The molecule has 176 valence electrons. The molecule has 0 spiro atoms. The average molecular weight is 488 g/mol. The first kappa shape index (κ1) is 24.0. The number of nitrogens with zero attached hydrogens (tertiary/aromatic N) is 4. The lowest BCUT2D eigenvalue weighted by molar-refractivity contribution is -0.115. The highest BCUT2D eigenvalue weighted by atomic mass is 32.2. The minimum Gasteiger partial charge on any atom is -0.483 e. The third-order valence-electron chi connectivity index (χ3n) is 5.10. The molecule has 35 heavy (non-hydrogen) atoms. The molecular formula is C26H22FN5O2S. The summed E-state index contributed by atoms with van der Waals surface area (Å²) in [5, 5.41) is 20.5. The summed E-state index contributed by atoms with van der Waals surface area (Å²) in [5.41, 5.74) is 1.95. The maximum atomic E-state index is 13.3. The first-order chi connectivity index (χ1) is 16.9. The Balaban J connectivity index is 1.56. The summed E-state index contributed by atoms with van der Waals surface area (Å²) < 4.78 is 21.1. The summed E-state index contributed by atoms with van der Waals surface area (Å²) in [5.74, 6) is 0.498. The second-order valence-electron chi connectivity index (χ2n) is 7.66. The first-order valence-corrected chi connectivity index (χ1v) is 11.7. The monoisotopic (exact) mass is 487 g/mol. The van der Waals surface area contributed by atoms with Gasteiger partial charge in [-0.3, -0.25) is 9.36 Å². The molecule has 1 N–H and O–H groups in total. The number of amides is 1. The lowest BCUT2D eigenvalue weighted by atomic mass is 10.2. The molecule has 0 aliphatic rings. The maximum absolute atomic E-state index is 13.3. The van der Waals surface area contributed by atoms with Crippen LogP contribution >= 0.6 is 11.8 Å². The van der Waals surface area contributed by atoms with Gasteiger partial charge in [0, 0.05) is 11.4 Å². The molecule has 0 radical (unpaired) electrons. The van der Waals surface area contributed by atoms with Crippen LogP contribution in [-0.4, -0.2) is 25.9 Å². The van der Waals surface area contributed by atoms with Crippen molar-refractivity contribution < 1.29 is 13.9 Å². The van der Waals surface area contributed by atoms with Crippen molar-refractivity contribution in [2.45, 2.75) is 30.4 Å². The standard InChI is InChI=1S/C26H22FN5O2S/c1-17(34-23-14-10-20(27)11-15-23)24-30-31-26(32(24)22-6-4-3-5-7-22)35-18(2)25(33)29-21-12-8-19(16-28)9-13-21/h3-15,17-18H,1-2H3,(H,29,33). The molecule has 0 aliphatic carbocycles. The number of nitriles is 1. The lowest BCUT2D eigenvalue weighted by Gasteiger charge is -2.17. The number of ether oxygens (including phenoxy) is 1. The Labute approximate surface area is 206 Å². The number of hydrogen-bond acceptors (Lipinski definition) is 6. The van der Waals surface area contributed by atoms with Crippen LogP contribution < -0.4 is 10.1 Å². The molecular weight excluding hydrogens is 465 g/mol. The van der Waals surface area contributed by atoms with E-state index in [1.807, 2.05) is 41.8 Å². The zero-order valence-electron chi connectivity index (χ0n) is 19.1. The van der Waals surface area contributed by atoms with E-state index >= 15 is 0 Å². The second kappa shape index (κ2) is 10.8. The molecule has 1 aromatic heterocycles. The zero-order chi connectivity index (χ0) is 24.8. The van der Waals surface area contributed by atoms with Gasteiger partial charge >= 0.3 is 0 Å². The summed E-state index contributed by atoms with van der Waals surface area (Å²) in [6, 6.07) is 24.1. The van der Waals surface area contributed by atoms with Crippen molar-refractivity contribution in [1.82, 2.24) is 14.8 Å². The van der Waals surface area contributed by atoms with Crippen molar-refractivity contribution in [2.24, 2.45) is 0 Å². The second-order valence-corrected chi connectivity index (χ2v) is 8.97. The number of thioether (sulfide) groups is 1. The Morgan fingerprint density at radius 2 is 1.71 bits per heavy atom. The quantitative estimate of drug-likeness (QED) is 0.328. The number of benzene rings is 3. The molecule has 2 atom stereocenters. The van der Waals surface area contributed by atoms with Crippen molar-refractivity contribution >= 4 is 23.4 Å². The van der Waals surface area contributed by atoms with Crippen molar-refractivity contribution in [3.8, 4) is 17.5 Å². The fourth-order valence-corrected chi connectivity index (χ4v) is 4.17. The van der Waals surface area contributed by atoms with Gasteiger partial charge in [-0.15, -0.1) is 10.2 Å². The molecule has 3 aromatic carbocycles. The Bertz CT molecular complexity index is 1340. The largest absolute Gasteiger partial charge is 0.483 e. The van der Waals surface area contributed by atoms with Crippen LogP contribution in [0.3, 0.4) is 0 Å². The van der Waals surface area contributed by atoms with E-state index in [1.165, 1.54) is 23.9 Å². The van der Waals surface area contributed by atoms with E-state index in [-0.39, 0.29) is 11.7 Å². The normalized spacial score (nSPS) is 12.4. The highest BCUT2D eigenvalue weighted by Crippen LogP contribution is 2.30. The molecule has 0 aliphatic heterocycles. The number of carbonyl (C=O) groups excluding carboxylic acids is 1. The van der Waals surface area contributed by atoms with Crippen LogP contribution in [0.2, 0.25) is 0 Å². The molecule has 7 nitrogen and oxygen atoms in total. The molecule has 9 heteroatoms. The van der Waals surface area contributed by atoms with Crippen molar-refractivity contribution in [1.29, 1.82) is 5.26 Å². The fraction of sp³-hybridized carbons (Fsp3) is 0.154. The third-order valence-corrected chi connectivity index (χ3v) is 6.14. The fourth-order valence-electron chi connectivity index (χ4n) is 3.29. The highest BCUT2D eigenvalue weighted by molar-refractivity contribution is 8.00. The maximum Gasteiger partial charge on any atom is 0.237 e. The van der Waals surface area contributed by atoms with Gasteiger partial charge in [-0.1, -0.05) is 30.0 Å². The van der Waals surface area contributed by atoms with E-state index in [0.717, 1.165) is 5.69 Å². The number of carbonyl (C=O) groups is 1. The smallest absolute Gasteiger partial charge is 0.237 e. The molecule has 1 amide bonds. The Hall–Kier alpha value is -4.16. The van der Waals surface area contributed by atoms with E-state index in [0.29, 0.717) is 28.0 Å². The molecule has 0 fully saturated rings. The zero-order valence-corrected chi connectivity index (χ0v) is 19.9. The van der Waals surface area contributed by atoms with E-state index in [2.05, 4.69) is 21.6 Å². The van der Waals surface area contributed by atoms with Gasteiger partial charge in [0.25, 0.3) is 0 Å². The Morgan fingerprint density at radius 1 is 1.03 bits per heavy atom. The molecule has 4 aromatic rings. The van der Waals surface area contributed by atoms with Gasteiger partial charge in [0.15, 0.2) is 17.1 Å². The third kappa shape index (κ3) is 5.86. The predicted octanol–water partition coefficient (Wildman–Crippen LogP) is 5.54. The predicted molar refractivity (Wildman–Crippen MR) is 132 cm³/mol. The minimum absolute atomic E-state index is 0.209. The van der Waals surface area contributed by atoms with Crippen molar-refractivity contribution in [2.75, 3.05) is 5.32 Å². The highest BCUT2D eigenvalue weighted by Gasteiger charge is 2.24. The number of aromatic nitrogens is 3. The van der Waals surface area contributed by atoms with Crippen LogP contribution in [0.1, 0.15) is 31.3 Å². The van der Waals surface area contributed by atoms with Crippen molar-refractivity contribution in [3.05, 3.63) is 96.1 Å². The Morgan fingerprint density at radius 3 is 2.37 bits per heavy atom. The van der Waals surface area contributed by atoms with E-state index in [4.69, 9.17) is 10.00 Å². The van der Waals surface area contributed by atoms with Gasteiger partial charge in [-0.2, -0.15) is 5.26 Å². The summed E-state index contributed by atoms with van der Waals surface area (Å²) >= 11 is 1.27. The number of nitrogens with one attached hydrogen (secondary N) is 1. The van der Waals surface area contributed by atoms with Crippen LogP contribution in [0.25, 0.3) is 5.69 Å². The van der Waals surface area contributed by atoms with E-state index in [1.54, 1.807) is 43.3 Å². The van der Waals surface area contributed by atoms with Crippen LogP contribution in [0.5, 0.6) is 5.75 Å². The topological polar surface area (TPSA) is 92.8 Å². The summed E-state index contributed by atoms with van der Waals surface area (Å²) in [7, 11) is 0. The summed E-state index contributed by atoms with van der Waals surface area (Å²) in [6.45, 7) is 3.62. The van der Waals surface area contributed by atoms with Gasteiger partial charge < -0.3 is 10.1 Å². The number of anilines is 1. The van der Waals surface area contributed by atoms with Crippen LogP contribution in [-0.2, 0) is 4.79 Å². The minimum atomic E-state index is -0.495. The molecule has 2 unspecified atom stereocenters. The SMILES string of the molecule is CC(Sc1nnc(C(C)Oc2ccc(F)cc2)n1-c1ccccc1)C(=O)Nc1ccc(C#N)cc1. The number of hydrogen-bond donors (Lipinski definition) is 1. The summed E-state index contributed by atoms with van der Waals surface area (Å²) in [6.07, 6.45) is -0.495. The molecule has 0 bridgehead atoms. The Kier molecular flexibility index (Phi) is 7.43. The number of rotatable bonds is 8. The lowest BCUT2D eigenvalue weighted by Crippen LogP contribution is -2.23. The van der Waals surface area contributed by atoms with Gasteiger partial charge in [-0.25, -0.2) is 4.39 Å². The number of halogens is 1. The average Bonchev–Trinajstić information content (AvgIpc) is 3.30. The van der Waals surface area contributed by atoms with Crippen LogP contribution in [0.15, 0.2) is 84.0 Å². The van der Waals surface area contributed by atoms with Gasteiger partial charge in [0.05, 0.1) is 16.9 Å². The van der Waals surface area contributed by atoms with Gasteiger partial charge in [0.1, 0.15) is 11.6 Å². The molecule has 0 saturated carbocycles. The van der Waals surface area contributed by atoms with E-state index < -0.39 is 11.4 Å². The van der Waals surface area contributed by atoms with Crippen LogP contribution in [0.4, 0.5) is 10.1 Å². The van der Waals surface area contributed by atoms with Gasteiger partial charge in [0.2, 0.25) is 5.91 Å². The van der Waals surface area contributed by atoms with E-state index in [9.17, 15) is 9.18 Å². The number of para-hydroxylation sites is 1. The molecule has 0 saturated heterocycles. The molecule has 1 heterocycles.